The van der Waals surface area contributed by atoms with Crippen molar-refractivity contribution < 1.29 is 9.53 Å². The molecule has 1 unspecified atom stereocenters. The summed E-state index contributed by atoms with van der Waals surface area (Å²) in [6.45, 7) is 3.80. The average molecular weight is 333 g/mol. The Balaban J connectivity index is 1.82. The molecule has 3 heterocycles. The Morgan fingerprint density at radius 3 is 2.80 bits per heavy atom. The van der Waals surface area contributed by atoms with Crippen LogP contribution in [0.25, 0.3) is 22.2 Å². The summed E-state index contributed by atoms with van der Waals surface area (Å²) in [7, 11) is 0. The van der Waals surface area contributed by atoms with Crippen molar-refractivity contribution >= 4 is 16.8 Å². The molecule has 1 aromatic carbocycles. The van der Waals surface area contributed by atoms with E-state index in [0.29, 0.717) is 25.3 Å². The summed E-state index contributed by atoms with van der Waals surface area (Å²) >= 11 is 0. The first-order valence-electron chi connectivity index (χ1n) is 8.43. The third kappa shape index (κ3) is 3.10. The molecule has 1 aliphatic heterocycles. The van der Waals surface area contributed by atoms with Crippen LogP contribution in [0.5, 0.6) is 0 Å². The Labute approximate surface area is 146 Å². The van der Waals surface area contributed by atoms with E-state index in [4.69, 9.17) is 9.72 Å². The molecule has 3 aromatic rings. The van der Waals surface area contributed by atoms with Crippen molar-refractivity contribution in [3.63, 3.8) is 0 Å². The Bertz CT molecular complexity index is 911. The van der Waals surface area contributed by atoms with Crippen LogP contribution in [0, 0.1) is 0 Å². The summed E-state index contributed by atoms with van der Waals surface area (Å²) in [6, 6.07) is 13.5. The molecule has 0 radical (unpaired) electrons. The van der Waals surface area contributed by atoms with Gasteiger partial charge in [0, 0.05) is 36.4 Å². The molecule has 5 nitrogen and oxygen atoms in total. The van der Waals surface area contributed by atoms with Crippen molar-refractivity contribution in [2.75, 3.05) is 19.7 Å². The van der Waals surface area contributed by atoms with Gasteiger partial charge in [-0.1, -0.05) is 18.2 Å². The van der Waals surface area contributed by atoms with E-state index in [9.17, 15) is 4.79 Å². The second-order valence-corrected chi connectivity index (χ2v) is 6.24. The van der Waals surface area contributed by atoms with Gasteiger partial charge in [0.2, 0.25) is 0 Å². The lowest BCUT2D eigenvalue weighted by molar-refractivity contribution is -0.0123. The van der Waals surface area contributed by atoms with Crippen LogP contribution in [0.4, 0.5) is 0 Å². The number of morpholine rings is 1. The second kappa shape index (κ2) is 6.61. The monoisotopic (exact) mass is 333 g/mol. The molecule has 1 aliphatic rings. The van der Waals surface area contributed by atoms with E-state index in [1.54, 1.807) is 12.4 Å². The maximum absolute atomic E-state index is 13.2. The summed E-state index contributed by atoms with van der Waals surface area (Å²) in [5.74, 6) is 0.0315. The Hall–Kier alpha value is -2.79. The topological polar surface area (TPSA) is 55.3 Å². The second-order valence-electron chi connectivity index (χ2n) is 6.24. The van der Waals surface area contributed by atoms with Crippen LogP contribution in [-0.4, -0.2) is 46.6 Å². The van der Waals surface area contributed by atoms with Crippen molar-refractivity contribution in [3.8, 4) is 11.3 Å². The number of para-hydroxylation sites is 1. The normalized spacial score (nSPS) is 17.6. The molecule has 1 amide bonds. The van der Waals surface area contributed by atoms with Crippen LogP contribution in [0.1, 0.15) is 17.3 Å². The van der Waals surface area contributed by atoms with Crippen LogP contribution in [-0.2, 0) is 4.74 Å². The number of rotatable bonds is 2. The van der Waals surface area contributed by atoms with Gasteiger partial charge in [-0.3, -0.25) is 9.78 Å². The quantitative estimate of drug-likeness (QED) is 0.723. The zero-order valence-electron chi connectivity index (χ0n) is 14.1. The molecular formula is C20H19N3O2. The lowest BCUT2D eigenvalue weighted by Gasteiger charge is -2.31. The number of carbonyl (C=O) groups is 1. The number of carbonyl (C=O) groups excluding carboxylic acids is 1. The molecule has 0 saturated carbocycles. The number of amides is 1. The van der Waals surface area contributed by atoms with Gasteiger partial charge in [-0.25, -0.2) is 4.98 Å². The Kier molecular flexibility index (Phi) is 4.15. The minimum atomic E-state index is 0.0315. The maximum atomic E-state index is 13.2. The van der Waals surface area contributed by atoms with Gasteiger partial charge in [0.15, 0.2) is 0 Å². The summed E-state index contributed by atoms with van der Waals surface area (Å²) in [6.07, 6.45) is 3.53. The molecule has 0 aliphatic carbocycles. The standard InChI is InChI=1S/C20H19N3O2/c1-14-13-23(10-11-25-14)20(24)17-12-19(15-6-8-21-9-7-15)22-18-5-3-2-4-16(17)18/h2-9,12,14H,10-11,13H2,1H3. The zero-order valence-corrected chi connectivity index (χ0v) is 14.1. The molecule has 4 rings (SSSR count). The molecule has 0 N–H and O–H groups in total. The molecule has 1 fully saturated rings. The van der Waals surface area contributed by atoms with Crippen LogP contribution in [0.3, 0.4) is 0 Å². The van der Waals surface area contributed by atoms with E-state index in [2.05, 4.69) is 4.98 Å². The van der Waals surface area contributed by atoms with Gasteiger partial charge >= 0.3 is 0 Å². The van der Waals surface area contributed by atoms with Gasteiger partial charge in [0.25, 0.3) is 5.91 Å². The fraction of sp³-hybridized carbons (Fsp3) is 0.250. The lowest BCUT2D eigenvalue weighted by Crippen LogP contribution is -2.44. The third-order valence-electron chi connectivity index (χ3n) is 4.45. The number of fused-ring (bicyclic) bond motifs is 1. The molecule has 1 saturated heterocycles. The predicted molar refractivity (Wildman–Crippen MR) is 96.3 cm³/mol. The molecule has 25 heavy (non-hydrogen) atoms. The summed E-state index contributed by atoms with van der Waals surface area (Å²) < 4.78 is 5.56. The van der Waals surface area contributed by atoms with Crippen LogP contribution in [0.2, 0.25) is 0 Å². The lowest BCUT2D eigenvalue weighted by atomic mass is 10.0. The number of pyridine rings is 2. The number of benzene rings is 1. The third-order valence-corrected chi connectivity index (χ3v) is 4.45. The summed E-state index contributed by atoms with van der Waals surface area (Å²) in [4.78, 5) is 23.8. The predicted octanol–water partition coefficient (Wildman–Crippen LogP) is 3.16. The molecule has 5 heteroatoms. The highest BCUT2D eigenvalue weighted by Crippen LogP contribution is 2.26. The van der Waals surface area contributed by atoms with Crippen molar-refractivity contribution in [1.29, 1.82) is 0 Å². The SMILES string of the molecule is CC1CN(C(=O)c2cc(-c3ccncc3)nc3ccccc23)CCO1. The van der Waals surface area contributed by atoms with Crippen LogP contribution >= 0.6 is 0 Å². The van der Waals surface area contributed by atoms with Crippen molar-refractivity contribution in [3.05, 3.63) is 60.4 Å². The van der Waals surface area contributed by atoms with E-state index < -0.39 is 0 Å². The largest absolute Gasteiger partial charge is 0.375 e. The zero-order chi connectivity index (χ0) is 17.2. The van der Waals surface area contributed by atoms with E-state index in [0.717, 1.165) is 22.2 Å². The van der Waals surface area contributed by atoms with E-state index >= 15 is 0 Å². The smallest absolute Gasteiger partial charge is 0.254 e. The first-order valence-corrected chi connectivity index (χ1v) is 8.43. The molecule has 126 valence electrons. The Morgan fingerprint density at radius 1 is 1.20 bits per heavy atom. The van der Waals surface area contributed by atoms with Gasteiger partial charge in [-0.05, 0) is 31.2 Å². The van der Waals surface area contributed by atoms with Crippen molar-refractivity contribution in [2.24, 2.45) is 0 Å². The molecule has 2 aromatic heterocycles. The molecular weight excluding hydrogens is 314 g/mol. The van der Waals surface area contributed by atoms with E-state index in [1.807, 2.05) is 54.3 Å². The van der Waals surface area contributed by atoms with Crippen molar-refractivity contribution in [2.45, 2.75) is 13.0 Å². The van der Waals surface area contributed by atoms with Crippen LogP contribution in [0.15, 0.2) is 54.9 Å². The van der Waals surface area contributed by atoms with Gasteiger partial charge < -0.3 is 9.64 Å². The highest BCUT2D eigenvalue weighted by Gasteiger charge is 2.24. The van der Waals surface area contributed by atoms with E-state index in [1.165, 1.54) is 0 Å². The van der Waals surface area contributed by atoms with Gasteiger partial charge in [0.05, 0.1) is 29.5 Å². The minimum absolute atomic E-state index is 0.0315. The number of aromatic nitrogens is 2. The van der Waals surface area contributed by atoms with Crippen LogP contribution < -0.4 is 0 Å². The maximum Gasteiger partial charge on any atom is 0.254 e. The number of ether oxygens (including phenoxy) is 1. The summed E-state index contributed by atoms with van der Waals surface area (Å²) in [5.41, 5.74) is 3.24. The molecule has 1 atom stereocenters. The van der Waals surface area contributed by atoms with Gasteiger partial charge in [-0.15, -0.1) is 0 Å². The Morgan fingerprint density at radius 2 is 2.00 bits per heavy atom. The molecule has 0 spiro atoms. The molecule has 0 bridgehead atoms. The number of nitrogens with zero attached hydrogens (tertiary/aromatic N) is 3. The average Bonchev–Trinajstić information content (AvgIpc) is 2.67. The fourth-order valence-corrected chi connectivity index (χ4v) is 3.20. The first kappa shape index (κ1) is 15.7. The highest BCUT2D eigenvalue weighted by atomic mass is 16.5. The number of hydrogen-bond acceptors (Lipinski definition) is 4. The minimum Gasteiger partial charge on any atom is -0.375 e. The van der Waals surface area contributed by atoms with Gasteiger partial charge in [-0.2, -0.15) is 0 Å². The van der Waals surface area contributed by atoms with E-state index in [-0.39, 0.29) is 12.0 Å². The first-order chi connectivity index (χ1) is 12.2. The van der Waals surface area contributed by atoms with Crippen molar-refractivity contribution in [1.82, 2.24) is 14.9 Å². The number of hydrogen-bond donors (Lipinski definition) is 0. The van der Waals surface area contributed by atoms with Gasteiger partial charge in [0.1, 0.15) is 0 Å². The fourth-order valence-electron chi connectivity index (χ4n) is 3.20. The highest BCUT2D eigenvalue weighted by molar-refractivity contribution is 6.07. The summed E-state index contributed by atoms with van der Waals surface area (Å²) in [5, 5.41) is 0.879.